The SMILES string of the molecule is C[C@@H]1C[C@H](c2ccc(C#N)c3ncccc23)CN(C(=O)[C@@H](NC(=O)OC(C)(C)C)C2CC2)C1. The van der Waals surface area contributed by atoms with E-state index in [9.17, 15) is 14.9 Å². The van der Waals surface area contributed by atoms with E-state index in [1.807, 2.05) is 49.9 Å². The standard InChI is InChI=1S/C26H32N4O3/c1-16-12-19(20-10-9-18(13-27)22-21(20)6-5-11-28-22)15-30(14-16)24(31)23(17-7-8-17)29-25(32)33-26(2,3)4/h5-6,9-11,16-17,19,23H,7-8,12,14-15H2,1-4H3,(H,29,32)/t16-,19+,23+/m1/s1. The molecule has 2 aliphatic rings. The van der Waals surface area contributed by atoms with Gasteiger partial charge in [0.15, 0.2) is 0 Å². The van der Waals surface area contributed by atoms with Crippen LogP contribution in [0.4, 0.5) is 4.79 Å². The summed E-state index contributed by atoms with van der Waals surface area (Å²) in [7, 11) is 0. The zero-order chi connectivity index (χ0) is 23.8. The molecule has 1 aromatic carbocycles. The molecular formula is C26H32N4O3. The normalized spacial score (nSPS) is 21.8. The van der Waals surface area contributed by atoms with Crippen molar-refractivity contribution in [1.29, 1.82) is 5.26 Å². The maximum Gasteiger partial charge on any atom is 0.408 e. The van der Waals surface area contributed by atoms with Crippen LogP contribution in [0.3, 0.4) is 0 Å². The Kier molecular flexibility index (Phi) is 6.29. The second kappa shape index (κ2) is 9.01. The number of ether oxygens (including phenoxy) is 1. The summed E-state index contributed by atoms with van der Waals surface area (Å²) in [6.07, 6.45) is 3.98. The van der Waals surface area contributed by atoms with Gasteiger partial charge < -0.3 is 15.0 Å². The number of carbonyl (C=O) groups is 2. The van der Waals surface area contributed by atoms with Crippen molar-refractivity contribution in [3.05, 3.63) is 41.6 Å². The summed E-state index contributed by atoms with van der Waals surface area (Å²) in [6.45, 7) is 8.85. The molecule has 0 radical (unpaired) electrons. The van der Waals surface area contributed by atoms with E-state index in [-0.39, 0.29) is 17.7 Å². The summed E-state index contributed by atoms with van der Waals surface area (Å²) in [4.78, 5) is 32.3. The Morgan fingerprint density at radius 3 is 2.67 bits per heavy atom. The number of nitrogens with zero attached hydrogens (tertiary/aromatic N) is 3. The van der Waals surface area contributed by atoms with Gasteiger partial charge in [0.1, 0.15) is 17.7 Å². The lowest BCUT2D eigenvalue weighted by atomic mass is 9.83. The summed E-state index contributed by atoms with van der Waals surface area (Å²) in [5, 5.41) is 13.3. The van der Waals surface area contributed by atoms with Gasteiger partial charge in [0.25, 0.3) is 0 Å². The molecule has 1 N–H and O–H groups in total. The summed E-state index contributed by atoms with van der Waals surface area (Å²) in [5.74, 6) is 0.589. The number of nitriles is 1. The van der Waals surface area contributed by atoms with E-state index in [0.717, 1.165) is 30.2 Å². The molecule has 1 saturated carbocycles. The molecule has 1 aliphatic heterocycles. The molecule has 0 spiro atoms. The van der Waals surface area contributed by atoms with Gasteiger partial charge in [-0.15, -0.1) is 0 Å². The third-order valence-corrected chi connectivity index (χ3v) is 6.37. The van der Waals surface area contributed by atoms with E-state index in [0.29, 0.717) is 30.1 Å². The highest BCUT2D eigenvalue weighted by Crippen LogP contribution is 2.37. The van der Waals surface area contributed by atoms with Crippen LogP contribution in [0.5, 0.6) is 0 Å². The summed E-state index contributed by atoms with van der Waals surface area (Å²) in [5.41, 5.74) is 1.76. The zero-order valence-electron chi connectivity index (χ0n) is 19.8. The number of pyridine rings is 1. The number of alkyl carbamates (subject to hydrolysis) is 1. The van der Waals surface area contributed by atoms with Crippen LogP contribution in [0.25, 0.3) is 10.9 Å². The molecule has 3 atom stereocenters. The third kappa shape index (κ3) is 5.27. The van der Waals surface area contributed by atoms with Gasteiger partial charge >= 0.3 is 6.09 Å². The van der Waals surface area contributed by atoms with Crippen LogP contribution in [0.1, 0.15) is 64.0 Å². The molecule has 2 aromatic rings. The van der Waals surface area contributed by atoms with Crippen LogP contribution in [0, 0.1) is 23.2 Å². The van der Waals surface area contributed by atoms with E-state index < -0.39 is 17.7 Å². The van der Waals surface area contributed by atoms with E-state index >= 15 is 0 Å². The maximum absolute atomic E-state index is 13.6. The Bertz CT molecular complexity index is 1100. The van der Waals surface area contributed by atoms with Crippen molar-refractivity contribution in [3.8, 4) is 6.07 Å². The number of carbonyl (C=O) groups excluding carboxylic acids is 2. The monoisotopic (exact) mass is 448 g/mol. The Labute approximate surface area is 195 Å². The minimum Gasteiger partial charge on any atom is -0.444 e. The second-order valence-corrected chi connectivity index (χ2v) is 10.5. The van der Waals surface area contributed by atoms with Gasteiger partial charge in [-0.1, -0.05) is 19.1 Å². The van der Waals surface area contributed by atoms with Crippen molar-refractivity contribution in [2.24, 2.45) is 11.8 Å². The molecule has 7 heteroatoms. The third-order valence-electron chi connectivity index (χ3n) is 6.37. The number of rotatable bonds is 4. The Morgan fingerprint density at radius 2 is 2.00 bits per heavy atom. The number of likely N-dealkylation sites (tertiary alicyclic amines) is 1. The van der Waals surface area contributed by atoms with Crippen molar-refractivity contribution in [3.63, 3.8) is 0 Å². The first-order valence-corrected chi connectivity index (χ1v) is 11.7. The van der Waals surface area contributed by atoms with E-state index in [1.54, 1.807) is 6.20 Å². The predicted octanol–water partition coefficient (Wildman–Crippen LogP) is 4.36. The lowest BCUT2D eigenvalue weighted by molar-refractivity contribution is -0.136. The molecule has 33 heavy (non-hydrogen) atoms. The Hall–Kier alpha value is -3.14. The highest BCUT2D eigenvalue weighted by molar-refractivity contribution is 5.88. The van der Waals surface area contributed by atoms with Crippen molar-refractivity contribution >= 4 is 22.9 Å². The number of piperidine rings is 1. The van der Waals surface area contributed by atoms with Crippen molar-refractivity contribution in [1.82, 2.24) is 15.2 Å². The van der Waals surface area contributed by atoms with Gasteiger partial charge in [0.05, 0.1) is 11.1 Å². The highest BCUT2D eigenvalue weighted by Gasteiger charge is 2.42. The fourth-order valence-corrected chi connectivity index (χ4v) is 4.84. The average molecular weight is 449 g/mol. The molecule has 0 unspecified atom stereocenters. The summed E-state index contributed by atoms with van der Waals surface area (Å²) in [6, 6.07) is 9.39. The smallest absolute Gasteiger partial charge is 0.408 e. The molecule has 0 bridgehead atoms. The molecule has 2 amide bonds. The lowest BCUT2D eigenvalue weighted by Crippen LogP contribution is -2.53. The topological polar surface area (TPSA) is 95.3 Å². The Balaban J connectivity index is 1.56. The van der Waals surface area contributed by atoms with Crippen LogP contribution in [0.2, 0.25) is 0 Å². The van der Waals surface area contributed by atoms with Crippen molar-refractivity contribution < 1.29 is 14.3 Å². The number of amides is 2. The molecule has 1 aromatic heterocycles. The van der Waals surface area contributed by atoms with E-state index in [1.165, 1.54) is 0 Å². The lowest BCUT2D eigenvalue weighted by Gasteiger charge is -2.39. The average Bonchev–Trinajstić information content (AvgIpc) is 3.60. The molecule has 2 heterocycles. The molecule has 7 nitrogen and oxygen atoms in total. The van der Waals surface area contributed by atoms with Crippen LogP contribution in [-0.4, -0.2) is 46.6 Å². The minimum atomic E-state index is -0.614. The van der Waals surface area contributed by atoms with Crippen molar-refractivity contribution in [2.75, 3.05) is 13.1 Å². The highest BCUT2D eigenvalue weighted by atomic mass is 16.6. The van der Waals surface area contributed by atoms with Crippen LogP contribution in [0.15, 0.2) is 30.5 Å². The van der Waals surface area contributed by atoms with Gasteiger partial charge in [-0.05, 0) is 69.6 Å². The predicted molar refractivity (Wildman–Crippen MR) is 125 cm³/mol. The number of benzene rings is 1. The summed E-state index contributed by atoms with van der Waals surface area (Å²) < 4.78 is 5.41. The number of fused-ring (bicyclic) bond motifs is 1. The van der Waals surface area contributed by atoms with Gasteiger partial charge in [-0.25, -0.2) is 4.79 Å². The fourth-order valence-electron chi connectivity index (χ4n) is 4.84. The van der Waals surface area contributed by atoms with Gasteiger partial charge in [0, 0.05) is 30.6 Å². The van der Waals surface area contributed by atoms with Crippen LogP contribution < -0.4 is 5.32 Å². The second-order valence-electron chi connectivity index (χ2n) is 10.5. The quantitative estimate of drug-likeness (QED) is 0.750. The molecule has 1 aliphatic carbocycles. The molecule has 2 fully saturated rings. The van der Waals surface area contributed by atoms with Gasteiger partial charge in [-0.2, -0.15) is 5.26 Å². The molecule has 4 rings (SSSR count). The molecule has 1 saturated heterocycles. The van der Waals surface area contributed by atoms with E-state index in [4.69, 9.17) is 4.74 Å². The Morgan fingerprint density at radius 1 is 1.24 bits per heavy atom. The first-order valence-electron chi connectivity index (χ1n) is 11.7. The molecule has 174 valence electrons. The number of hydrogen-bond donors (Lipinski definition) is 1. The van der Waals surface area contributed by atoms with Crippen LogP contribution >= 0.6 is 0 Å². The first kappa shape index (κ1) is 23.0. The number of aromatic nitrogens is 1. The number of nitrogens with one attached hydrogen (secondary N) is 1. The first-order chi connectivity index (χ1) is 15.7. The van der Waals surface area contributed by atoms with E-state index in [2.05, 4.69) is 23.3 Å². The largest absolute Gasteiger partial charge is 0.444 e. The number of hydrogen-bond acceptors (Lipinski definition) is 5. The fraction of sp³-hybridized carbons (Fsp3) is 0.538. The van der Waals surface area contributed by atoms with Crippen LogP contribution in [-0.2, 0) is 9.53 Å². The molecular weight excluding hydrogens is 416 g/mol. The summed E-state index contributed by atoms with van der Waals surface area (Å²) >= 11 is 0. The van der Waals surface area contributed by atoms with Crippen molar-refractivity contribution in [2.45, 2.75) is 64.5 Å². The van der Waals surface area contributed by atoms with Gasteiger partial charge in [-0.3, -0.25) is 9.78 Å². The maximum atomic E-state index is 13.6. The van der Waals surface area contributed by atoms with Gasteiger partial charge in [0.2, 0.25) is 5.91 Å². The zero-order valence-corrected chi connectivity index (χ0v) is 19.8. The minimum absolute atomic E-state index is 0.0315.